The Labute approximate surface area is 192 Å². The third-order valence-corrected chi connectivity index (χ3v) is 9.00. The third kappa shape index (κ3) is 3.30. The molecule has 2 aromatic carbocycles. The van der Waals surface area contributed by atoms with Crippen LogP contribution in [-0.2, 0) is 18.4 Å². The molecule has 2 aromatic rings. The Morgan fingerprint density at radius 3 is 2.72 bits per heavy atom. The predicted octanol–water partition coefficient (Wildman–Crippen LogP) is 4.05. The van der Waals surface area contributed by atoms with Crippen molar-refractivity contribution in [3.8, 4) is 5.75 Å². The number of benzene rings is 2. The van der Waals surface area contributed by atoms with Gasteiger partial charge in [0.25, 0.3) is 0 Å². The molecule has 32 heavy (non-hydrogen) atoms. The first-order chi connectivity index (χ1) is 15.6. The molecule has 4 aliphatic rings. The molecule has 2 saturated carbocycles. The van der Waals surface area contributed by atoms with E-state index in [0.29, 0.717) is 6.04 Å². The molecule has 1 heterocycles. The van der Waals surface area contributed by atoms with E-state index in [0.717, 1.165) is 63.4 Å². The second-order valence-corrected chi connectivity index (χ2v) is 10.7. The molecule has 2 N–H and O–H groups in total. The average molecular weight is 433 g/mol. The number of hydrogen-bond donors (Lipinski definition) is 2. The summed E-state index contributed by atoms with van der Waals surface area (Å²) >= 11 is 0. The Morgan fingerprint density at radius 1 is 1.09 bits per heavy atom. The largest absolute Gasteiger partial charge is 0.497 e. The maximum Gasteiger partial charge on any atom is 0.119 e. The molecule has 1 saturated heterocycles. The maximum absolute atomic E-state index is 12.6. The van der Waals surface area contributed by atoms with Gasteiger partial charge in [-0.15, -0.1) is 0 Å². The van der Waals surface area contributed by atoms with Crippen molar-refractivity contribution in [1.82, 2.24) is 10.2 Å². The van der Waals surface area contributed by atoms with E-state index in [1.165, 1.54) is 29.5 Å². The summed E-state index contributed by atoms with van der Waals surface area (Å²) in [6.45, 7) is 3.15. The van der Waals surface area contributed by atoms with Gasteiger partial charge in [0.2, 0.25) is 0 Å². The Balaban J connectivity index is 1.33. The Bertz CT molecular complexity index is 975. The predicted molar refractivity (Wildman–Crippen MR) is 127 cm³/mol. The fourth-order valence-corrected chi connectivity index (χ4v) is 7.10. The van der Waals surface area contributed by atoms with Gasteiger partial charge in [0.15, 0.2) is 0 Å². The summed E-state index contributed by atoms with van der Waals surface area (Å²) in [5.41, 5.74) is 3.27. The zero-order valence-corrected chi connectivity index (χ0v) is 19.2. The second kappa shape index (κ2) is 7.86. The van der Waals surface area contributed by atoms with Crippen molar-refractivity contribution in [2.24, 2.45) is 5.92 Å². The monoisotopic (exact) mass is 432 g/mol. The first kappa shape index (κ1) is 20.7. The van der Waals surface area contributed by atoms with Gasteiger partial charge in [-0.1, -0.05) is 36.4 Å². The smallest absolute Gasteiger partial charge is 0.119 e. The summed E-state index contributed by atoms with van der Waals surface area (Å²) in [4.78, 5) is 2.66. The number of methoxy groups -OCH3 is 1. The molecule has 2 bridgehead atoms. The zero-order valence-electron chi connectivity index (χ0n) is 19.2. The molecular weight excluding hydrogens is 396 g/mol. The lowest BCUT2D eigenvalue weighted by Gasteiger charge is -2.65. The zero-order chi connectivity index (χ0) is 21.8. The fraction of sp³-hybridized carbons (Fsp3) is 0.571. The van der Waals surface area contributed by atoms with E-state index in [-0.39, 0.29) is 11.5 Å². The highest BCUT2D eigenvalue weighted by atomic mass is 16.5. The van der Waals surface area contributed by atoms with Crippen LogP contribution in [0.5, 0.6) is 5.75 Å². The number of aliphatic hydroxyl groups is 1. The van der Waals surface area contributed by atoms with Crippen molar-refractivity contribution in [3.63, 3.8) is 0 Å². The van der Waals surface area contributed by atoms with Crippen LogP contribution < -0.4 is 10.1 Å². The molecule has 4 heteroatoms. The van der Waals surface area contributed by atoms with Crippen molar-refractivity contribution in [2.75, 3.05) is 20.2 Å². The van der Waals surface area contributed by atoms with Crippen LogP contribution in [0.1, 0.15) is 55.2 Å². The number of nitrogens with zero attached hydrogens (tertiary/aromatic N) is 1. The first-order valence-electron chi connectivity index (χ1n) is 12.5. The SMILES string of the molecule is COc1ccc2c(c1)C13CC[C@H](NCc4ccccc4)C[C@@]1(O)[C@@H](C2)N(CC1CC1)CC3. The van der Waals surface area contributed by atoms with Gasteiger partial charge in [-0.3, -0.25) is 4.90 Å². The van der Waals surface area contributed by atoms with Gasteiger partial charge in [0.05, 0.1) is 12.7 Å². The number of nitrogens with one attached hydrogen (secondary N) is 1. The van der Waals surface area contributed by atoms with E-state index in [9.17, 15) is 5.11 Å². The van der Waals surface area contributed by atoms with Crippen molar-refractivity contribution in [2.45, 2.75) is 74.6 Å². The molecule has 0 amide bonds. The molecule has 4 nitrogen and oxygen atoms in total. The molecule has 1 aliphatic heterocycles. The third-order valence-electron chi connectivity index (χ3n) is 9.00. The van der Waals surface area contributed by atoms with Gasteiger partial charge in [0.1, 0.15) is 5.75 Å². The lowest BCUT2D eigenvalue weighted by molar-refractivity contribution is -0.172. The van der Waals surface area contributed by atoms with Crippen molar-refractivity contribution >= 4 is 0 Å². The standard InChI is InChI=1S/C28H36N2O2/c1-32-24-10-9-22-15-26-28(31)17-23(29-18-20-5-3-2-4-6-20)11-12-27(28,25(22)16-24)13-14-30(26)19-21-7-8-21/h2-6,9-10,16,21,23,26,29,31H,7-8,11-15,17-19H2,1H3/t23-,26+,27?,28+/m0/s1. The van der Waals surface area contributed by atoms with Crippen molar-refractivity contribution in [3.05, 3.63) is 65.2 Å². The van der Waals surface area contributed by atoms with Crippen LogP contribution in [0, 0.1) is 5.92 Å². The molecule has 170 valence electrons. The van der Waals surface area contributed by atoms with Crippen LogP contribution in [-0.4, -0.2) is 47.9 Å². The molecule has 0 spiro atoms. The molecule has 3 aliphatic carbocycles. The topological polar surface area (TPSA) is 44.7 Å². The van der Waals surface area contributed by atoms with E-state index in [1.54, 1.807) is 7.11 Å². The second-order valence-electron chi connectivity index (χ2n) is 10.7. The van der Waals surface area contributed by atoms with Gasteiger partial charge in [0, 0.05) is 30.6 Å². The maximum atomic E-state index is 12.6. The van der Waals surface area contributed by atoms with E-state index in [1.807, 2.05) is 0 Å². The van der Waals surface area contributed by atoms with E-state index >= 15 is 0 Å². The first-order valence-corrected chi connectivity index (χ1v) is 12.5. The minimum atomic E-state index is -0.688. The molecule has 1 unspecified atom stereocenters. The normalized spacial score (nSPS) is 33.9. The number of piperidine rings is 1. The van der Waals surface area contributed by atoms with E-state index in [4.69, 9.17) is 4.74 Å². The Kier molecular flexibility index (Phi) is 5.09. The highest BCUT2D eigenvalue weighted by Crippen LogP contribution is 2.58. The molecule has 4 atom stereocenters. The number of fused-ring (bicyclic) bond motifs is 1. The number of hydrogen-bond acceptors (Lipinski definition) is 4. The van der Waals surface area contributed by atoms with Gasteiger partial charge in [-0.05, 0) is 86.2 Å². The highest BCUT2D eigenvalue weighted by molar-refractivity contribution is 5.48. The van der Waals surface area contributed by atoms with Crippen molar-refractivity contribution in [1.29, 1.82) is 0 Å². The molecule has 6 rings (SSSR count). The highest BCUT2D eigenvalue weighted by Gasteiger charge is 2.64. The van der Waals surface area contributed by atoms with Crippen LogP contribution in [0.2, 0.25) is 0 Å². The Hall–Kier alpha value is -1.88. The molecule has 3 fully saturated rings. The quantitative estimate of drug-likeness (QED) is 0.723. The number of rotatable bonds is 6. The summed E-state index contributed by atoms with van der Waals surface area (Å²) in [6, 6.07) is 17.8. The fourth-order valence-electron chi connectivity index (χ4n) is 7.10. The van der Waals surface area contributed by atoms with Crippen LogP contribution in [0.4, 0.5) is 0 Å². The van der Waals surface area contributed by atoms with Crippen LogP contribution >= 0.6 is 0 Å². The van der Waals surface area contributed by atoms with E-state index in [2.05, 4.69) is 58.7 Å². The van der Waals surface area contributed by atoms with Gasteiger partial charge < -0.3 is 15.2 Å². The van der Waals surface area contributed by atoms with E-state index < -0.39 is 5.60 Å². The number of ether oxygens (including phenoxy) is 1. The molecule has 0 radical (unpaired) electrons. The summed E-state index contributed by atoms with van der Waals surface area (Å²) in [7, 11) is 1.75. The number of likely N-dealkylation sites (tertiary alicyclic amines) is 1. The van der Waals surface area contributed by atoms with Crippen molar-refractivity contribution < 1.29 is 9.84 Å². The minimum absolute atomic E-state index is 0.148. The van der Waals surface area contributed by atoms with Crippen LogP contribution in [0.15, 0.2) is 48.5 Å². The van der Waals surface area contributed by atoms with Gasteiger partial charge in [-0.25, -0.2) is 0 Å². The average Bonchev–Trinajstić information content (AvgIpc) is 3.64. The van der Waals surface area contributed by atoms with Crippen LogP contribution in [0.25, 0.3) is 0 Å². The minimum Gasteiger partial charge on any atom is -0.497 e. The van der Waals surface area contributed by atoms with Gasteiger partial charge >= 0.3 is 0 Å². The molecular formula is C28H36N2O2. The lowest BCUT2D eigenvalue weighted by Crippen LogP contribution is -2.74. The van der Waals surface area contributed by atoms with Crippen LogP contribution in [0.3, 0.4) is 0 Å². The molecule has 0 aromatic heterocycles. The summed E-state index contributed by atoms with van der Waals surface area (Å²) in [5.74, 6) is 1.77. The summed E-state index contributed by atoms with van der Waals surface area (Å²) < 4.78 is 5.61. The Morgan fingerprint density at radius 2 is 1.94 bits per heavy atom. The summed E-state index contributed by atoms with van der Waals surface area (Å²) in [5, 5.41) is 16.4. The summed E-state index contributed by atoms with van der Waals surface area (Å²) in [6.07, 6.45) is 7.73. The van der Waals surface area contributed by atoms with Gasteiger partial charge in [-0.2, -0.15) is 0 Å². The lowest BCUT2D eigenvalue weighted by atomic mass is 9.49.